The first-order chi connectivity index (χ1) is 19.9. The van der Waals surface area contributed by atoms with Gasteiger partial charge >= 0.3 is 17.9 Å². The van der Waals surface area contributed by atoms with Gasteiger partial charge in [-0.15, -0.1) is 0 Å². The Balaban J connectivity index is 1.47. The van der Waals surface area contributed by atoms with Crippen molar-refractivity contribution < 1.29 is 53.4 Å². The minimum atomic E-state index is -1.99. The predicted octanol–water partition coefficient (Wildman–Crippen LogP) is 1.30. The quantitative estimate of drug-likeness (QED) is 0.237. The van der Waals surface area contributed by atoms with Gasteiger partial charge in [0.2, 0.25) is 0 Å². The second kappa shape index (κ2) is 8.68. The molecule has 2 aliphatic heterocycles. The predicted molar refractivity (Wildman–Crippen MR) is 145 cm³/mol. The van der Waals surface area contributed by atoms with Crippen LogP contribution in [0.3, 0.4) is 0 Å². The SMILES string of the molecule is CC(=O)O[C@H]1C2[C@H]([C@@H]3[C@@H](O)[C@@H]4[C@H]([C@H](C)C=C5OC(=O)[C@@](C)(O)[C@@]54C)[C@@]3(C)[C@H]1OC(C)=O)[C@@H](O)C(=O)[C@H]1C[C@@H]3O[C@@H]3C[C@]21C. The van der Waals surface area contributed by atoms with Gasteiger partial charge in [0.25, 0.3) is 0 Å². The fourth-order valence-electron chi connectivity index (χ4n) is 11.6. The van der Waals surface area contributed by atoms with Gasteiger partial charge in [-0.05, 0) is 50.0 Å². The number of esters is 3. The highest BCUT2D eigenvalue weighted by Crippen LogP contribution is 2.75. The van der Waals surface area contributed by atoms with Crippen LogP contribution in [-0.2, 0) is 38.1 Å². The van der Waals surface area contributed by atoms with Gasteiger partial charge in [0.05, 0.1) is 23.7 Å². The van der Waals surface area contributed by atoms with Gasteiger partial charge < -0.3 is 34.3 Å². The third-order valence-electron chi connectivity index (χ3n) is 13.4. The number of Topliss-reactive ketones (excluding diaryl/α,β-unsaturated/α-hetero) is 1. The zero-order valence-corrected chi connectivity index (χ0v) is 25.6. The maximum absolute atomic E-state index is 14.0. The highest BCUT2D eigenvalue weighted by atomic mass is 16.6. The Bertz CT molecular complexity index is 1350. The highest BCUT2D eigenvalue weighted by Gasteiger charge is 2.81. The molecule has 3 N–H and O–H groups in total. The summed E-state index contributed by atoms with van der Waals surface area (Å²) in [6, 6.07) is 0. The molecule has 17 atom stereocenters. The summed E-state index contributed by atoms with van der Waals surface area (Å²) in [6.07, 6.45) is -2.23. The fourth-order valence-corrected chi connectivity index (χ4v) is 11.6. The Morgan fingerprint density at radius 1 is 0.953 bits per heavy atom. The molecule has 43 heavy (non-hydrogen) atoms. The van der Waals surface area contributed by atoms with Crippen LogP contribution in [0.15, 0.2) is 11.8 Å². The van der Waals surface area contributed by atoms with Crippen LogP contribution in [-0.4, -0.2) is 81.2 Å². The van der Waals surface area contributed by atoms with Gasteiger partial charge in [-0.2, -0.15) is 0 Å². The van der Waals surface area contributed by atoms with E-state index in [1.54, 1.807) is 13.0 Å². The molecule has 0 aromatic carbocycles. The summed E-state index contributed by atoms with van der Waals surface area (Å²) in [4.78, 5) is 52.6. The summed E-state index contributed by atoms with van der Waals surface area (Å²) >= 11 is 0. The van der Waals surface area contributed by atoms with E-state index in [0.29, 0.717) is 12.8 Å². The summed E-state index contributed by atoms with van der Waals surface area (Å²) in [7, 11) is 0. The minimum Gasteiger partial charge on any atom is -0.458 e. The van der Waals surface area contributed by atoms with E-state index < -0.39 is 99.7 Å². The van der Waals surface area contributed by atoms with Crippen molar-refractivity contribution in [3.05, 3.63) is 11.8 Å². The number of carbonyl (C=O) groups excluding carboxylic acids is 4. The van der Waals surface area contributed by atoms with Crippen molar-refractivity contribution in [3.63, 3.8) is 0 Å². The van der Waals surface area contributed by atoms with E-state index in [-0.39, 0.29) is 29.7 Å². The molecule has 7 aliphatic rings. The van der Waals surface area contributed by atoms with Crippen LogP contribution in [0.5, 0.6) is 0 Å². The molecule has 6 fully saturated rings. The van der Waals surface area contributed by atoms with Crippen molar-refractivity contribution in [2.75, 3.05) is 0 Å². The van der Waals surface area contributed by atoms with Gasteiger partial charge in [-0.3, -0.25) is 14.4 Å². The van der Waals surface area contributed by atoms with Crippen LogP contribution in [0.4, 0.5) is 0 Å². The number of rotatable bonds is 2. The number of allylic oxidation sites excluding steroid dienone is 1. The van der Waals surface area contributed by atoms with Crippen LogP contribution in [0.1, 0.15) is 61.3 Å². The van der Waals surface area contributed by atoms with Crippen LogP contribution in [0.2, 0.25) is 0 Å². The average molecular weight is 603 g/mol. The summed E-state index contributed by atoms with van der Waals surface area (Å²) in [5.41, 5.74) is -5.29. The smallest absolute Gasteiger partial charge is 0.343 e. The van der Waals surface area contributed by atoms with Gasteiger partial charge in [-0.1, -0.05) is 20.8 Å². The van der Waals surface area contributed by atoms with E-state index in [1.165, 1.54) is 20.8 Å². The first kappa shape index (κ1) is 29.4. The molecule has 11 nitrogen and oxygen atoms in total. The maximum Gasteiger partial charge on any atom is 0.343 e. The Labute approximate surface area is 250 Å². The molecule has 4 saturated carbocycles. The topological polar surface area (TPSA) is 169 Å². The number of epoxide rings is 1. The molecule has 0 amide bonds. The largest absolute Gasteiger partial charge is 0.458 e. The van der Waals surface area contributed by atoms with Crippen LogP contribution >= 0.6 is 0 Å². The molecule has 7 rings (SSSR count). The lowest BCUT2D eigenvalue weighted by atomic mass is 9.41. The molecule has 2 saturated heterocycles. The molecular formula is C32H42O11. The zero-order chi connectivity index (χ0) is 31.3. The lowest BCUT2D eigenvalue weighted by Gasteiger charge is -2.64. The number of ether oxygens (including phenoxy) is 4. The third-order valence-corrected chi connectivity index (χ3v) is 13.4. The Kier molecular flexibility index (Phi) is 5.93. The average Bonchev–Trinajstić information content (AvgIpc) is 3.56. The van der Waals surface area contributed by atoms with E-state index >= 15 is 0 Å². The summed E-state index contributed by atoms with van der Waals surface area (Å²) in [5.74, 6) is -6.64. The summed E-state index contributed by atoms with van der Waals surface area (Å²) in [5, 5.41) is 36.1. The number of aliphatic hydroxyl groups is 3. The van der Waals surface area contributed by atoms with Crippen molar-refractivity contribution in [1.82, 2.24) is 0 Å². The molecule has 11 heteroatoms. The highest BCUT2D eigenvalue weighted by molar-refractivity contribution is 5.88. The monoisotopic (exact) mass is 602 g/mol. The number of aliphatic hydroxyl groups excluding tert-OH is 2. The molecule has 2 heterocycles. The molecule has 0 bridgehead atoms. The number of hydrogen-bond acceptors (Lipinski definition) is 11. The number of carbonyl (C=O) groups is 4. The lowest BCUT2D eigenvalue weighted by molar-refractivity contribution is -0.259. The molecule has 0 aromatic rings. The van der Waals surface area contributed by atoms with E-state index in [9.17, 15) is 34.5 Å². The molecular weight excluding hydrogens is 560 g/mol. The van der Waals surface area contributed by atoms with Crippen LogP contribution in [0, 0.1) is 57.7 Å². The third kappa shape index (κ3) is 3.35. The Morgan fingerprint density at radius 2 is 1.60 bits per heavy atom. The van der Waals surface area contributed by atoms with Crippen molar-refractivity contribution in [1.29, 1.82) is 0 Å². The van der Waals surface area contributed by atoms with Crippen molar-refractivity contribution in [2.45, 2.75) is 104 Å². The van der Waals surface area contributed by atoms with Crippen molar-refractivity contribution in [2.24, 2.45) is 57.7 Å². The molecule has 1 unspecified atom stereocenters. The second-order valence-corrected chi connectivity index (χ2v) is 15.3. The molecule has 236 valence electrons. The van der Waals surface area contributed by atoms with Gasteiger partial charge in [0, 0.05) is 48.9 Å². The minimum absolute atomic E-state index is 0.0663. The van der Waals surface area contributed by atoms with Crippen molar-refractivity contribution >= 4 is 23.7 Å². The number of ketones is 1. The summed E-state index contributed by atoms with van der Waals surface area (Å²) < 4.78 is 23.7. The first-order valence-corrected chi connectivity index (χ1v) is 15.5. The van der Waals surface area contributed by atoms with Gasteiger partial charge in [-0.25, -0.2) is 4.79 Å². The summed E-state index contributed by atoms with van der Waals surface area (Å²) in [6.45, 7) is 11.4. The Morgan fingerprint density at radius 3 is 2.23 bits per heavy atom. The van der Waals surface area contributed by atoms with Gasteiger partial charge in [0.1, 0.15) is 24.1 Å². The molecule has 0 radical (unpaired) electrons. The number of hydrogen-bond donors (Lipinski definition) is 3. The van der Waals surface area contributed by atoms with Gasteiger partial charge in [0.15, 0.2) is 11.4 Å². The van der Waals surface area contributed by atoms with E-state index in [4.69, 9.17) is 18.9 Å². The zero-order valence-electron chi connectivity index (χ0n) is 25.6. The Hall–Kier alpha value is -2.34. The molecule has 0 aromatic heterocycles. The van der Waals surface area contributed by atoms with Crippen LogP contribution < -0.4 is 0 Å². The van der Waals surface area contributed by atoms with E-state index in [2.05, 4.69) is 0 Å². The maximum atomic E-state index is 14.0. The van der Waals surface area contributed by atoms with Crippen molar-refractivity contribution in [3.8, 4) is 0 Å². The standard InChI is InChI=1S/C32H42O11/c1-11-8-17-31(6,32(7,39)28(38)43-17)22-19(11)30(5)20(25(22)37)18-21(26(40-12(2)33)27(30)41-13(3)34)29(4)10-16-15(42-16)9-14(29)23(35)24(18)36/h8,11,14-16,18-22,24-27,36-37,39H,9-10H2,1-7H3/t11-,14-,15+,16-,18+,19+,20-,21?,22+,24-,25-,26+,27+,29+,30-,31+,32-/m1/s1. The van der Waals surface area contributed by atoms with E-state index in [0.717, 1.165) is 0 Å². The number of fused-ring (bicyclic) bond motifs is 10. The van der Waals surface area contributed by atoms with Crippen LogP contribution in [0.25, 0.3) is 0 Å². The molecule has 5 aliphatic carbocycles. The fraction of sp³-hybridized carbons (Fsp3) is 0.812. The normalized spacial score (nSPS) is 57.5. The van der Waals surface area contributed by atoms with E-state index in [1.807, 2.05) is 20.8 Å². The molecule has 0 spiro atoms. The second-order valence-electron chi connectivity index (χ2n) is 15.3. The lowest BCUT2D eigenvalue weighted by Crippen LogP contribution is -2.72. The first-order valence-electron chi connectivity index (χ1n) is 15.5.